The highest BCUT2D eigenvalue weighted by Gasteiger charge is 2.50. The van der Waals surface area contributed by atoms with Gasteiger partial charge in [0.2, 0.25) is 0 Å². The summed E-state index contributed by atoms with van der Waals surface area (Å²) in [7, 11) is 1.27. The van der Waals surface area contributed by atoms with E-state index in [2.05, 4.69) is 10.1 Å². The molecule has 0 aliphatic heterocycles. The van der Waals surface area contributed by atoms with Crippen molar-refractivity contribution in [3.8, 4) is 0 Å². The van der Waals surface area contributed by atoms with Gasteiger partial charge in [-0.1, -0.05) is 0 Å². The fourth-order valence-electron chi connectivity index (χ4n) is 0.905. The molecule has 1 fully saturated rings. The van der Waals surface area contributed by atoms with E-state index in [9.17, 15) is 9.59 Å². The lowest BCUT2D eigenvalue weighted by molar-refractivity contribution is -0.142. The van der Waals surface area contributed by atoms with E-state index in [1.54, 1.807) is 0 Å². The van der Waals surface area contributed by atoms with Gasteiger partial charge in [-0.05, 0) is 12.8 Å². The first-order chi connectivity index (χ1) is 5.60. The van der Waals surface area contributed by atoms with Crippen molar-refractivity contribution in [1.82, 2.24) is 5.32 Å². The molecule has 0 aromatic heterocycles. The van der Waals surface area contributed by atoms with E-state index in [-0.39, 0.29) is 6.54 Å². The molecule has 0 spiro atoms. The summed E-state index contributed by atoms with van der Waals surface area (Å²) >= 11 is 0. The number of methoxy groups -OCH3 is 1. The third-order valence-corrected chi connectivity index (χ3v) is 1.96. The molecule has 0 bridgehead atoms. The summed E-state index contributed by atoms with van der Waals surface area (Å²) in [6.07, 6.45) is 1.17. The lowest BCUT2D eigenvalue weighted by Gasteiger charge is -2.10. The van der Waals surface area contributed by atoms with Crippen LogP contribution in [0.4, 0.5) is 0 Å². The predicted octanol–water partition coefficient (Wildman–Crippen LogP) is -0.634. The Labute approximate surface area is 69.7 Å². The number of rotatable bonds is 4. The summed E-state index contributed by atoms with van der Waals surface area (Å²) in [5.41, 5.74) is -0.853. The molecule has 5 heteroatoms. The van der Waals surface area contributed by atoms with Crippen molar-refractivity contribution in [3.63, 3.8) is 0 Å². The van der Waals surface area contributed by atoms with Gasteiger partial charge in [0, 0.05) is 0 Å². The molecule has 1 rings (SSSR count). The molecule has 0 aromatic rings. The monoisotopic (exact) mass is 173 g/mol. The number of hydrogen-bond donors (Lipinski definition) is 2. The van der Waals surface area contributed by atoms with Crippen molar-refractivity contribution in [2.75, 3.05) is 13.7 Å². The van der Waals surface area contributed by atoms with Crippen molar-refractivity contribution < 1.29 is 19.4 Å². The molecule has 0 atom stereocenters. The number of hydrogen-bond acceptors (Lipinski definition) is 4. The van der Waals surface area contributed by atoms with E-state index in [1.165, 1.54) is 7.11 Å². The average molecular weight is 173 g/mol. The summed E-state index contributed by atoms with van der Waals surface area (Å²) in [6.45, 7) is -0.0389. The first-order valence-corrected chi connectivity index (χ1v) is 3.66. The Morgan fingerprint density at radius 3 is 2.50 bits per heavy atom. The average Bonchev–Trinajstić information content (AvgIpc) is 2.81. The summed E-state index contributed by atoms with van der Waals surface area (Å²) < 4.78 is 4.36. The molecule has 5 nitrogen and oxygen atoms in total. The van der Waals surface area contributed by atoms with Crippen LogP contribution in [0, 0.1) is 0 Å². The molecular weight excluding hydrogens is 162 g/mol. The Morgan fingerprint density at radius 1 is 1.58 bits per heavy atom. The van der Waals surface area contributed by atoms with Crippen LogP contribution in [0.1, 0.15) is 12.8 Å². The van der Waals surface area contributed by atoms with Crippen LogP contribution in [-0.4, -0.2) is 36.2 Å². The molecule has 68 valence electrons. The largest absolute Gasteiger partial charge is 0.480 e. The summed E-state index contributed by atoms with van der Waals surface area (Å²) in [4.78, 5) is 21.2. The van der Waals surface area contributed by atoms with E-state index >= 15 is 0 Å². The van der Waals surface area contributed by atoms with Gasteiger partial charge < -0.3 is 9.84 Å². The Bertz CT molecular complexity index is 209. The van der Waals surface area contributed by atoms with Crippen molar-refractivity contribution in [2.24, 2.45) is 0 Å². The number of carbonyl (C=O) groups is 2. The van der Waals surface area contributed by atoms with Crippen LogP contribution in [-0.2, 0) is 14.3 Å². The van der Waals surface area contributed by atoms with Gasteiger partial charge in [0.15, 0.2) is 0 Å². The van der Waals surface area contributed by atoms with Crippen LogP contribution >= 0.6 is 0 Å². The molecule has 0 amide bonds. The van der Waals surface area contributed by atoms with Gasteiger partial charge >= 0.3 is 11.9 Å². The summed E-state index contributed by atoms with van der Waals surface area (Å²) in [6, 6.07) is 0. The molecule has 0 unspecified atom stereocenters. The normalized spacial score (nSPS) is 18.4. The van der Waals surface area contributed by atoms with E-state index in [4.69, 9.17) is 5.11 Å². The van der Waals surface area contributed by atoms with E-state index in [0.717, 1.165) is 0 Å². The standard InChI is InChI=1S/C7H11NO4/c1-12-5(9)4-8-7(2-3-7)6(10)11/h8H,2-4H2,1H3,(H,10,11). The Hall–Kier alpha value is -1.10. The van der Waals surface area contributed by atoms with Crippen molar-refractivity contribution in [3.05, 3.63) is 0 Å². The quantitative estimate of drug-likeness (QED) is 0.553. The third-order valence-electron chi connectivity index (χ3n) is 1.96. The second-order valence-electron chi connectivity index (χ2n) is 2.82. The maximum Gasteiger partial charge on any atom is 0.323 e. The van der Waals surface area contributed by atoms with Gasteiger partial charge in [-0.15, -0.1) is 0 Å². The van der Waals surface area contributed by atoms with Gasteiger partial charge in [0.25, 0.3) is 0 Å². The molecule has 2 N–H and O–H groups in total. The van der Waals surface area contributed by atoms with Crippen LogP contribution in [0.25, 0.3) is 0 Å². The van der Waals surface area contributed by atoms with E-state index in [0.29, 0.717) is 12.8 Å². The molecule has 0 saturated heterocycles. The second-order valence-corrected chi connectivity index (χ2v) is 2.82. The van der Waals surface area contributed by atoms with Gasteiger partial charge in [-0.3, -0.25) is 14.9 Å². The van der Waals surface area contributed by atoms with Crippen molar-refractivity contribution >= 4 is 11.9 Å². The lowest BCUT2D eigenvalue weighted by Crippen LogP contribution is -2.42. The van der Waals surface area contributed by atoms with Gasteiger partial charge in [0.1, 0.15) is 5.54 Å². The topological polar surface area (TPSA) is 75.6 Å². The second kappa shape index (κ2) is 3.10. The first-order valence-electron chi connectivity index (χ1n) is 3.66. The van der Waals surface area contributed by atoms with Crippen LogP contribution in [0.3, 0.4) is 0 Å². The first kappa shape index (κ1) is 8.99. The maximum absolute atomic E-state index is 10.6. The summed E-state index contributed by atoms with van der Waals surface area (Å²) in [5.74, 6) is -1.34. The minimum Gasteiger partial charge on any atom is -0.480 e. The molecule has 0 aromatic carbocycles. The smallest absolute Gasteiger partial charge is 0.323 e. The summed E-state index contributed by atoms with van der Waals surface area (Å²) in [5, 5.41) is 11.3. The van der Waals surface area contributed by atoms with Crippen LogP contribution < -0.4 is 5.32 Å². The molecular formula is C7H11NO4. The highest BCUT2D eigenvalue weighted by molar-refractivity contribution is 5.83. The zero-order chi connectivity index (χ0) is 9.19. The number of nitrogens with one attached hydrogen (secondary N) is 1. The SMILES string of the molecule is COC(=O)CNC1(C(=O)O)CC1. The third kappa shape index (κ3) is 1.73. The fourth-order valence-corrected chi connectivity index (χ4v) is 0.905. The van der Waals surface area contributed by atoms with Crippen LogP contribution in [0.5, 0.6) is 0 Å². The van der Waals surface area contributed by atoms with Crippen molar-refractivity contribution in [2.45, 2.75) is 18.4 Å². The predicted molar refractivity (Wildman–Crippen MR) is 39.6 cm³/mol. The number of ether oxygens (including phenoxy) is 1. The molecule has 1 aliphatic carbocycles. The Kier molecular flexibility index (Phi) is 2.32. The van der Waals surface area contributed by atoms with Gasteiger partial charge in [0.05, 0.1) is 13.7 Å². The molecule has 1 saturated carbocycles. The number of carbonyl (C=O) groups excluding carboxylic acids is 1. The molecule has 0 radical (unpaired) electrons. The van der Waals surface area contributed by atoms with Crippen molar-refractivity contribution in [1.29, 1.82) is 0 Å². The highest BCUT2D eigenvalue weighted by atomic mass is 16.5. The minimum atomic E-state index is -0.897. The van der Waals surface area contributed by atoms with E-state index in [1.807, 2.05) is 0 Å². The molecule has 1 aliphatic rings. The minimum absolute atomic E-state index is 0.0389. The lowest BCUT2D eigenvalue weighted by atomic mass is 10.3. The van der Waals surface area contributed by atoms with Gasteiger partial charge in [-0.25, -0.2) is 0 Å². The van der Waals surface area contributed by atoms with Crippen LogP contribution in [0.2, 0.25) is 0 Å². The fraction of sp³-hybridized carbons (Fsp3) is 0.714. The van der Waals surface area contributed by atoms with E-state index < -0.39 is 17.5 Å². The number of carboxylic acids is 1. The van der Waals surface area contributed by atoms with Crippen LogP contribution in [0.15, 0.2) is 0 Å². The highest BCUT2D eigenvalue weighted by Crippen LogP contribution is 2.35. The zero-order valence-corrected chi connectivity index (χ0v) is 6.79. The number of carboxylic acid groups (broad SMARTS) is 1. The molecule has 12 heavy (non-hydrogen) atoms. The zero-order valence-electron chi connectivity index (χ0n) is 6.79. The Balaban J connectivity index is 2.32. The molecule has 0 heterocycles. The number of esters is 1. The van der Waals surface area contributed by atoms with Gasteiger partial charge in [-0.2, -0.15) is 0 Å². The maximum atomic E-state index is 10.6. The number of aliphatic carboxylic acids is 1. The Morgan fingerprint density at radius 2 is 2.17 bits per heavy atom.